The van der Waals surface area contributed by atoms with Gasteiger partial charge in [0.15, 0.2) is 0 Å². The van der Waals surface area contributed by atoms with Gasteiger partial charge in [0, 0.05) is 18.5 Å². The summed E-state index contributed by atoms with van der Waals surface area (Å²) in [5, 5.41) is 20.6. The van der Waals surface area contributed by atoms with E-state index in [2.05, 4.69) is 21.3 Å². The molecule has 0 aliphatic carbocycles. The van der Waals surface area contributed by atoms with Crippen LogP contribution in [0.5, 0.6) is 0 Å². The van der Waals surface area contributed by atoms with Gasteiger partial charge in [-0.05, 0) is 81.5 Å². The molecule has 3 atom stereocenters. The van der Waals surface area contributed by atoms with Gasteiger partial charge in [0.1, 0.15) is 18.1 Å². The Bertz CT molecular complexity index is 1690. The minimum absolute atomic E-state index is 0.0140. The minimum atomic E-state index is -1.16. The van der Waals surface area contributed by atoms with Crippen LogP contribution in [0.4, 0.5) is 0 Å². The molecule has 0 radical (unpaired) electrons. The smallest absolute Gasteiger partial charge is 0.326 e. The number of carboxylic acid groups (broad SMARTS) is 1. The average molecular weight is 743 g/mol. The van der Waals surface area contributed by atoms with Crippen LogP contribution in [-0.4, -0.2) is 96.3 Å². The summed E-state index contributed by atoms with van der Waals surface area (Å²) in [5.41, 5.74) is 6.59. The Balaban J connectivity index is 1.30. The van der Waals surface area contributed by atoms with Gasteiger partial charge in [0.2, 0.25) is 17.7 Å². The number of nitrogens with one attached hydrogen (secondary N) is 4. The lowest BCUT2D eigenvalue weighted by atomic mass is 10.0. The number of carboxylic acids is 1. The van der Waals surface area contributed by atoms with Gasteiger partial charge >= 0.3 is 5.97 Å². The van der Waals surface area contributed by atoms with Crippen molar-refractivity contribution in [2.45, 2.75) is 71.0 Å². The number of hydrogen-bond donors (Lipinski definition) is 6. The number of carbonyl (C=O) groups excluding carboxylic acids is 4. The molecule has 0 saturated carbocycles. The molecule has 4 amide bonds. The van der Waals surface area contributed by atoms with Gasteiger partial charge in [0.25, 0.3) is 11.5 Å². The van der Waals surface area contributed by atoms with E-state index in [0.29, 0.717) is 36.0 Å². The molecular formula is C36H50N6O9S. The Morgan fingerprint density at radius 1 is 0.846 bits per heavy atom. The standard InChI is InChI=1S/C36H50N6O9S/c1-23(2)22-29(36(48)49)41-34(46)28(9-6-7-16-37)40-32(44)24(3)39-31(43)15-18-50-20-21-51-19-17-38-33(45)25-11-13-26(14-12-25)42-35(47)27-8-4-5-10-30(27)52-42/h4-5,8,10-14,23-24,28-29H,6-7,9,15-22,37H2,1-3H3,(H,38,45)(H,39,43)(H,40,44)(H,41,46)(H,48,49)/t24-,28-,29-/m0/s1. The van der Waals surface area contributed by atoms with Crippen LogP contribution in [0, 0.1) is 5.92 Å². The molecule has 16 heteroatoms. The number of nitrogens with zero attached hydrogens (tertiary/aromatic N) is 1. The molecular weight excluding hydrogens is 692 g/mol. The maximum absolute atomic E-state index is 12.9. The van der Waals surface area contributed by atoms with E-state index in [1.54, 1.807) is 34.3 Å². The first-order valence-corrected chi connectivity index (χ1v) is 18.2. The van der Waals surface area contributed by atoms with E-state index in [9.17, 15) is 33.9 Å². The van der Waals surface area contributed by atoms with Crippen molar-refractivity contribution in [2.75, 3.05) is 39.5 Å². The minimum Gasteiger partial charge on any atom is -0.480 e. The van der Waals surface area contributed by atoms with E-state index < -0.39 is 41.8 Å². The first kappa shape index (κ1) is 41.8. The van der Waals surface area contributed by atoms with Gasteiger partial charge in [-0.2, -0.15) is 0 Å². The zero-order chi connectivity index (χ0) is 38.0. The lowest BCUT2D eigenvalue weighted by Gasteiger charge is -2.24. The number of amides is 4. The Morgan fingerprint density at radius 2 is 1.52 bits per heavy atom. The zero-order valence-electron chi connectivity index (χ0n) is 29.9. The van der Waals surface area contributed by atoms with Crippen LogP contribution in [0.15, 0.2) is 53.3 Å². The van der Waals surface area contributed by atoms with Crippen LogP contribution >= 0.6 is 11.5 Å². The van der Waals surface area contributed by atoms with Crippen molar-refractivity contribution in [2.24, 2.45) is 11.7 Å². The maximum atomic E-state index is 12.9. The van der Waals surface area contributed by atoms with Crippen molar-refractivity contribution in [3.05, 3.63) is 64.4 Å². The monoisotopic (exact) mass is 742 g/mol. The van der Waals surface area contributed by atoms with Gasteiger partial charge in [0.05, 0.1) is 42.2 Å². The molecule has 0 spiro atoms. The predicted octanol–water partition coefficient (Wildman–Crippen LogP) is 1.94. The fourth-order valence-corrected chi connectivity index (χ4v) is 6.12. The lowest BCUT2D eigenvalue weighted by Crippen LogP contribution is -2.55. The summed E-state index contributed by atoms with van der Waals surface area (Å²) in [6.07, 6.45) is 1.65. The number of ether oxygens (including phenoxy) is 2. The highest BCUT2D eigenvalue weighted by Crippen LogP contribution is 2.20. The SMILES string of the molecule is CC(C)C[C@H](NC(=O)[C@H](CCCCN)NC(=O)[C@H](C)NC(=O)CCOCCOCCNC(=O)c1ccc(-n2sc3ccccc3c2=O)cc1)C(=O)O. The number of nitrogens with two attached hydrogens (primary N) is 1. The zero-order valence-corrected chi connectivity index (χ0v) is 30.7. The third-order valence-corrected chi connectivity index (χ3v) is 9.02. The van der Waals surface area contributed by atoms with Crippen LogP contribution in [0.3, 0.4) is 0 Å². The van der Waals surface area contributed by atoms with Gasteiger partial charge in [-0.1, -0.05) is 37.5 Å². The summed E-state index contributed by atoms with van der Waals surface area (Å²) < 4.78 is 13.4. The molecule has 7 N–H and O–H groups in total. The summed E-state index contributed by atoms with van der Waals surface area (Å²) in [7, 11) is 0. The Kier molecular flexibility index (Phi) is 17.4. The van der Waals surface area contributed by atoms with Gasteiger partial charge < -0.3 is 41.6 Å². The van der Waals surface area contributed by atoms with Crippen molar-refractivity contribution < 1.29 is 38.6 Å². The van der Waals surface area contributed by atoms with E-state index >= 15 is 0 Å². The molecule has 0 fully saturated rings. The topological polar surface area (TPSA) is 220 Å². The summed E-state index contributed by atoms with van der Waals surface area (Å²) in [4.78, 5) is 74.9. The second-order valence-corrected chi connectivity index (χ2v) is 13.6. The second kappa shape index (κ2) is 21.7. The summed E-state index contributed by atoms with van der Waals surface area (Å²) in [6, 6.07) is 11.1. The number of rotatable bonds is 23. The van der Waals surface area contributed by atoms with Crippen LogP contribution in [0.25, 0.3) is 15.8 Å². The fourth-order valence-electron chi connectivity index (χ4n) is 5.12. The molecule has 1 heterocycles. The van der Waals surface area contributed by atoms with E-state index in [0.717, 1.165) is 4.70 Å². The van der Waals surface area contributed by atoms with Crippen LogP contribution < -0.4 is 32.6 Å². The number of fused-ring (bicyclic) bond motifs is 1. The molecule has 0 saturated heterocycles. The average Bonchev–Trinajstić information content (AvgIpc) is 3.45. The molecule has 0 unspecified atom stereocenters. The normalized spacial score (nSPS) is 12.9. The summed E-state index contributed by atoms with van der Waals surface area (Å²) >= 11 is 1.35. The molecule has 15 nitrogen and oxygen atoms in total. The second-order valence-electron chi connectivity index (χ2n) is 12.6. The Hall–Kier alpha value is -4.64. The molecule has 3 aromatic rings. The highest BCUT2D eigenvalue weighted by atomic mass is 32.1. The quantitative estimate of drug-likeness (QED) is 0.0776. The first-order chi connectivity index (χ1) is 24.9. The molecule has 284 valence electrons. The molecule has 2 aromatic carbocycles. The molecule has 0 bridgehead atoms. The number of aliphatic carboxylic acids is 1. The molecule has 0 aliphatic rings. The molecule has 3 rings (SSSR count). The predicted molar refractivity (Wildman–Crippen MR) is 197 cm³/mol. The number of benzene rings is 2. The number of unbranched alkanes of at least 4 members (excludes halogenated alkanes) is 1. The molecule has 52 heavy (non-hydrogen) atoms. The largest absolute Gasteiger partial charge is 0.480 e. The van der Waals surface area contributed by atoms with Crippen molar-refractivity contribution in [1.82, 2.24) is 25.2 Å². The number of carbonyl (C=O) groups is 5. The third-order valence-electron chi connectivity index (χ3n) is 7.91. The molecule has 1 aromatic heterocycles. The number of hydrogen-bond acceptors (Lipinski definition) is 10. The summed E-state index contributed by atoms with van der Waals surface area (Å²) in [5.74, 6) is -3.02. The number of aromatic nitrogens is 1. The fraction of sp³-hybridized carbons (Fsp3) is 0.500. The van der Waals surface area contributed by atoms with Crippen LogP contribution in [-0.2, 0) is 28.7 Å². The van der Waals surface area contributed by atoms with E-state index in [-0.39, 0.29) is 69.6 Å². The molecule has 0 aliphatic heterocycles. The third kappa shape index (κ3) is 13.5. The summed E-state index contributed by atoms with van der Waals surface area (Å²) in [6.45, 7) is 6.63. The maximum Gasteiger partial charge on any atom is 0.326 e. The van der Waals surface area contributed by atoms with E-state index in [4.69, 9.17) is 15.2 Å². The van der Waals surface area contributed by atoms with Gasteiger partial charge in [-0.3, -0.25) is 24.0 Å². The van der Waals surface area contributed by atoms with E-state index in [1.807, 2.05) is 32.0 Å². The van der Waals surface area contributed by atoms with Crippen LogP contribution in [0.1, 0.15) is 63.2 Å². The van der Waals surface area contributed by atoms with Crippen molar-refractivity contribution in [3.63, 3.8) is 0 Å². The van der Waals surface area contributed by atoms with Gasteiger partial charge in [-0.25, -0.2) is 8.75 Å². The van der Waals surface area contributed by atoms with Crippen molar-refractivity contribution >= 4 is 51.2 Å². The lowest BCUT2D eigenvalue weighted by molar-refractivity contribution is -0.142. The van der Waals surface area contributed by atoms with Crippen molar-refractivity contribution in [1.29, 1.82) is 0 Å². The first-order valence-electron chi connectivity index (χ1n) is 17.4. The highest BCUT2D eigenvalue weighted by molar-refractivity contribution is 7.14. The van der Waals surface area contributed by atoms with Crippen molar-refractivity contribution in [3.8, 4) is 5.69 Å². The van der Waals surface area contributed by atoms with Gasteiger partial charge in [-0.15, -0.1) is 0 Å². The van der Waals surface area contributed by atoms with Crippen LogP contribution in [0.2, 0.25) is 0 Å². The Labute approximate surface area is 306 Å². The van der Waals surface area contributed by atoms with E-state index in [1.165, 1.54) is 18.5 Å². The highest BCUT2D eigenvalue weighted by Gasteiger charge is 2.28. The Morgan fingerprint density at radius 3 is 2.17 bits per heavy atom.